The zero-order chi connectivity index (χ0) is 9.26. The number of rotatable bonds is 2. The molecule has 0 aliphatic rings. The van der Waals surface area contributed by atoms with Gasteiger partial charge >= 0.3 is 0 Å². The average Bonchev–Trinajstić information content (AvgIpc) is 2.49. The lowest BCUT2D eigenvalue weighted by Crippen LogP contribution is -1.92. The Bertz CT molecular complexity index is 410. The summed E-state index contributed by atoms with van der Waals surface area (Å²) >= 11 is 1.61. The third-order valence-corrected chi connectivity index (χ3v) is 2.27. The zero-order valence-electron chi connectivity index (χ0n) is 7.35. The van der Waals surface area contributed by atoms with Crippen molar-refractivity contribution < 1.29 is 0 Å². The molecular formula is C7H9N5S. The molecule has 0 saturated carbocycles. The van der Waals surface area contributed by atoms with Crippen LogP contribution in [-0.2, 0) is 0 Å². The normalized spacial score (nSPS) is 11.3. The first-order chi connectivity index (χ1) is 6.25. The number of hydrogen-bond donors (Lipinski definition) is 1. The first-order valence-electron chi connectivity index (χ1n) is 3.96. The van der Waals surface area contributed by atoms with Crippen LogP contribution in [0.15, 0.2) is 11.4 Å². The van der Waals surface area contributed by atoms with Crippen LogP contribution < -0.4 is 0 Å². The minimum absolute atomic E-state index is 0.476. The molecule has 0 aliphatic carbocycles. The Kier molecular flexibility index (Phi) is 2.13. The van der Waals surface area contributed by atoms with Gasteiger partial charge in [-0.3, -0.25) is 0 Å². The van der Waals surface area contributed by atoms with E-state index in [2.05, 4.69) is 39.2 Å². The SMILES string of the molecule is CC(C)Sc1ncc2n[nH]nc2n1. The predicted octanol–water partition coefficient (Wildman–Crippen LogP) is 1.25. The van der Waals surface area contributed by atoms with Crippen molar-refractivity contribution in [3.05, 3.63) is 6.20 Å². The molecule has 0 atom stereocenters. The van der Waals surface area contributed by atoms with Gasteiger partial charge in [-0.1, -0.05) is 25.6 Å². The summed E-state index contributed by atoms with van der Waals surface area (Å²) in [6.07, 6.45) is 1.68. The summed E-state index contributed by atoms with van der Waals surface area (Å²) in [4.78, 5) is 8.37. The molecule has 0 spiro atoms. The van der Waals surface area contributed by atoms with Gasteiger partial charge in [0.1, 0.15) is 5.52 Å². The number of fused-ring (bicyclic) bond motifs is 1. The fourth-order valence-corrected chi connectivity index (χ4v) is 1.58. The Morgan fingerprint density at radius 1 is 1.38 bits per heavy atom. The van der Waals surface area contributed by atoms with Crippen LogP contribution in [0.4, 0.5) is 0 Å². The molecule has 2 aromatic rings. The van der Waals surface area contributed by atoms with Crippen LogP contribution in [0.2, 0.25) is 0 Å². The fraction of sp³-hybridized carbons (Fsp3) is 0.429. The summed E-state index contributed by atoms with van der Waals surface area (Å²) < 4.78 is 0. The quantitative estimate of drug-likeness (QED) is 0.577. The third kappa shape index (κ3) is 1.77. The molecule has 5 nitrogen and oxygen atoms in total. The Morgan fingerprint density at radius 3 is 3.00 bits per heavy atom. The van der Waals surface area contributed by atoms with Crippen molar-refractivity contribution in [3.8, 4) is 0 Å². The van der Waals surface area contributed by atoms with Crippen LogP contribution in [0.5, 0.6) is 0 Å². The lowest BCUT2D eigenvalue weighted by molar-refractivity contribution is 0.944. The van der Waals surface area contributed by atoms with E-state index in [4.69, 9.17) is 0 Å². The second-order valence-corrected chi connectivity index (χ2v) is 4.40. The van der Waals surface area contributed by atoms with Gasteiger partial charge in [0.2, 0.25) is 5.65 Å². The van der Waals surface area contributed by atoms with Crippen LogP contribution in [0.1, 0.15) is 13.8 Å². The molecule has 13 heavy (non-hydrogen) atoms. The van der Waals surface area contributed by atoms with Gasteiger partial charge in [-0.2, -0.15) is 15.3 Å². The first kappa shape index (κ1) is 8.43. The van der Waals surface area contributed by atoms with Gasteiger partial charge in [0.25, 0.3) is 0 Å². The molecule has 68 valence electrons. The van der Waals surface area contributed by atoms with Crippen LogP contribution in [0, 0.1) is 0 Å². The Hall–Kier alpha value is -1.17. The first-order valence-corrected chi connectivity index (χ1v) is 4.84. The molecule has 0 fully saturated rings. The standard InChI is InChI=1S/C7H9N5S/c1-4(2)13-7-8-3-5-6(9-7)11-12-10-5/h3-4H,1-2H3,(H,8,9,10,11,12). The number of aromatic amines is 1. The molecule has 0 radical (unpaired) electrons. The van der Waals surface area contributed by atoms with Gasteiger partial charge < -0.3 is 0 Å². The van der Waals surface area contributed by atoms with Gasteiger partial charge in [-0.05, 0) is 0 Å². The summed E-state index contributed by atoms with van der Waals surface area (Å²) in [5.74, 6) is 0. The fourth-order valence-electron chi connectivity index (χ4n) is 0.906. The van der Waals surface area contributed by atoms with E-state index in [1.54, 1.807) is 18.0 Å². The second kappa shape index (κ2) is 3.29. The molecule has 0 saturated heterocycles. The Balaban J connectivity index is 2.37. The highest BCUT2D eigenvalue weighted by atomic mass is 32.2. The van der Waals surface area contributed by atoms with E-state index in [9.17, 15) is 0 Å². The average molecular weight is 195 g/mol. The molecule has 0 bridgehead atoms. The molecule has 0 unspecified atom stereocenters. The molecule has 0 aromatic carbocycles. The topological polar surface area (TPSA) is 67.3 Å². The van der Waals surface area contributed by atoms with E-state index >= 15 is 0 Å². The van der Waals surface area contributed by atoms with Gasteiger partial charge in [0, 0.05) is 5.25 Å². The molecule has 6 heteroatoms. The minimum Gasteiger partial charge on any atom is -0.229 e. The minimum atomic E-state index is 0.476. The van der Waals surface area contributed by atoms with Crippen molar-refractivity contribution >= 4 is 22.9 Å². The van der Waals surface area contributed by atoms with Gasteiger partial charge in [0.05, 0.1) is 6.20 Å². The number of aromatic nitrogens is 5. The van der Waals surface area contributed by atoms with Crippen molar-refractivity contribution in [2.75, 3.05) is 0 Å². The Morgan fingerprint density at radius 2 is 2.23 bits per heavy atom. The molecule has 2 heterocycles. The predicted molar refractivity (Wildman–Crippen MR) is 50.5 cm³/mol. The maximum Gasteiger partial charge on any atom is 0.205 e. The largest absolute Gasteiger partial charge is 0.229 e. The van der Waals surface area contributed by atoms with Crippen molar-refractivity contribution in [3.63, 3.8) is 0 Å². The molecule has 0 amide bonds. The number of H-pyrrole nitrogens is 1. The second-order valence-electron chi connectivity index (χ2n) is 2.85. The number of nitrogens with one attached hydrogen (secondary N) is 1. The van der Waals surface area contributed by atoms with E-state index in [1.807, 2.05) is 0 Å². The van der Waals surface area contributed by atoms with Crippen molar-refractivity contribution in [2.24, 2.45) is 0 Å². The summed E-state index contributed by atoms with van der Waals surface area (Å²) in [5, 5.41) is 11.5. The van der Waals surface area contributed by atoms with Gasteiger partial charge in [0.15, 0.2) is 5.16 Å². The third-order valence-electron chi connectivity index (χ3n) is 1.40. The summed E-state index contributed by atoms with van der Waals surface area (Å²) in [6.45, 7) is 4.20. The van der Waals surface area contributed by atoms with Gasteiger partial charge in [-0.25, -0.2) is 4.98 Å². The molecule has 0 aliphatic heterocycles. The molecule has 2 rings (SSSR count). The van der Waals surface area contributed by atoms with Crippen LogP contribution >= 0.6 is 11.8 Å². The van der Waals surface area contributed by atoms with E-state index in [0.29, 0.717) is 16.4 Å². The number of thioether (sulfide) groups is 1. The van der Waals surface area contributed by atoms with Crippen LogP contribution in [0.3, 0.4) is 0 Å². The van der Waals surface area contributed by atoms with Crippen LogP contribution in [0.25, 0.3) is 11.2 Å². The highest BCUT2D eigenvalue weighted by Gasteiger charge is 2.04. The lowest BCUT2D eigenvalue weighted by atomic mass is 10.6. The van der Waals surface area contributed by atoms with Crippen molar-refractivity contribution in [1.29, 1.82) is 0 Å². The molecule has 1 N–H and O–H groups in total. The maximum atomic E-state index is 4.22. The Labute approximate surface area is 79.4 Å². The molecule has 2 aromatic heterocycles. The summed E-state index contributed by atoms with van der Waals surface area (Å²) in [7, 11) is 0. The van der Waals surface area contributed by atoms with E-state index < -0.39 is 0 Å². The smallest absolute Gasteiger partial charge is 0.205 e. The number of nitrogens with zero attached hydrogens (tertiary/aromatic N) is 4. The lowest BCUT2D eigenvalue weighted by Gasteiger charge is -2.00. The zero-order valence-corrected chi connectivity index (χ0v) is 8.17. The van der Waals surface area contributed by atoms with E-state index in [1.165, 1.54) is 0 Å². The van der Waals surface area contributed by atoms with Crippen LogP contribution in [-0.4, -0.2) is 30.6 Å². The molecular weight excluding hydrogens is 186 g/mol. The summed E-state index contributed by atoms with van der Waals surface area (Å²) in [5.41, 5.74) is 1.33. The van der Waals surface area contributed by atoms with E-state index in [-0.39, 0.29) is 0 Å². The maximum absolute atomic E-state index is 4.22. The van der Waals surface area contributed by atoms with Crippen molar-refractivity contribution in [1.82, 2.24) is 25.4 Å². The monoisotopic (exact) mass is 195 g/mol. The highest BCUT2D eigenvalue weighted by molar-refractivity contribution is 7.99. The number of hydrogen-bond acceptors (Lipinski definition) is 5. The highest BCUT2D eigenvalue weighted by Crippen LogP contribution is 2.18. The van der Waals surface area contributed by atoms with Crippen molar-refractivity contribution in [2.45, 2.75) is 24.3 Å². The van der Waals surface area contributed by atoms with Gasteiger partial charge in [-0.15, -0.1) is 5.10 Å². The summed E-state index contributed by atoms with van der Waals surface area (Å²) in [6, 6.07) is 0. The van der Waals surface area contributed by atoms with E-state index in [0.717, 1.165) is 5.16 Å².